The van der Waals surface area contributed by atoms with Gasteiger partial charge in [-0.15, -0.1) is 0 Å². The first kappa shape index (κ1) is 15.5. The Kier molecular flexibility index (Phi) is 3.58. The number of sulfonamides is 1. The van der Waals surface area contributed by atoms with Gasteiger partial charge < -0.3 is 0 Å². The van der Waals surface area contributed by atoms with Gasteiger partial charge in [-0.2, -0.15) is 5.26 Å². The number of hydrogen-bond donors (Lipinski definition) is 1. The van der Waals surface area contributed by atoms with Gasteiger partial charge in [-0.3, -0.25) is 4.72 Å². The molecule has 1 aliphatic heterocycles. The van der Waals surface area contributed by atoms with Gasteiger partial charge in [0.05, 0.1) is 28.3 Å². The second kappa shape index (κ2) is 5.33. The Morgan fingerprint density at radius 3 is 2.52 bits per heavy atom. The fourth-order valence-electron chi connectivity index (χ4n) is 2.30. The number of rotatable bonds is 3. The van der Waals surface area contributed by atoms with Crippen molar-refractivity contribution in [3.8, 4) is 6.07 Å². The lowest BCUT2D eigenvalue weighted by Gasteiger charge is -2.09. The molecule has 0 unspecified atom stereocenters. The Morgan fingerprint density at radius 2 is 1.87 bits per heavy atom. The third-order valence-corrected chi connectivity index (χ3v) is 6.25. The molecule has 3 rings (SSSR count). The number of nitrogens with one attached hydrogen (secondary N) is 1. The summed E-state index contributed by atoms with van der Waals surface area (Å²) in [6.45, 7) is 0. The number of nitriles is 1. The van der Waals surface area contributed by atoms with E-state index in [0.717, 1.165) is 0 Å². The monoisotopic (exact) mass is 349 g/mol. The Balaban J connectivity index is 1.90. The third kappa shape index (κ3) is 3.18. The summed E-state index contributed by atoms with van der Waals surface area (Å²) in [6.07, 6.45) is 1.24. The molecular formula is C14H11N3O4S2. The van der Waals surface area contributed by atoms with E-state index in [1.54, 1.807) is 0 Å². The van der Waals surface area contributed by atoms with Gasteiger partial charge in [-0.25, -0.2) is 21.8 Å². The van der Waals surface area contributed by atoms with E-state index >= 15 is 0 Å². The van der Waals surface area contributed by atoms with E-state index in [-0.39, 0.29) is 27.8 Å². The molecule has 9 heteroatoms. The van der Waals surface area contributed by atoms with Crippen molar-refractivity contribution in [2.75, 3.05) is 4.72 Å². The molecule has 0 aliphatic carbocycles. The summed E-state index contributed by atoms with van der Waals surface area (Å²) >= 11 is 0. The van der Waals surface area contributed by atoms with Crippen LogP contribution in [0.25, 0.3) is 0 Å². The van der Waals surface area contributed by atoms with Crippen LogP contribution in [-0.2, 0) is 31.4 Å². The van der Waals surface area contributed by atoms with Crippen molar-refractivity contribution in [2.24, 2.45) is 0 Å². The van der Waals surface area contributed by atoms with E-state index in [0.29, 0.717) is 11.1 Å². The maximum Gasteiger partial charge on any atom is 0.261 e. The van der Waals surface area contributed by atoms with E-state index in [1.165, 1.54) is 36.5 Å². The van der Waals surface area contributed by atoms with Gasteiger partial charge in [-0.05, 0) is 35.4 Å². The highest BCUT2D eigenvalue weighted by atomic mass is 32.2. The molecule has 1 N–H and O–H groups in total. The lowest BCUT2D eigenvalue weighted by Crippen LogP contribution is -2.13. The molecule has 0 radical (unpaired) electrons. The first-order valence-corrected chi connectivity index (χ1v) is 9.81. The largest absolute Gasteiger partial charge is 0.278 e. The molecule has 2 heterocycles. The maximum atomic E-state index is 12.4. The predicted octanol–water partition coefficient (Wildman–Crippen LogP) is 1.18. The second-order valence-electron chi connectivity index (χ2n) is 5.11. The minimum atomic E-state index is -3.86. The van der Waals surface area contributed by atoms with E-state index in [2.05, 4.69) is 9.71 Å². The molecule has 0 amide bonds. The fraction of sp³-hybridized carbons (Fsp3) is 0.143. The van der Waals surface area contributed by atoms with Gasteiger partial charge >= 0.3 is 0 Å². The summed E-state index contributed by atoms with van der Waals surface area (Å²) in [5.41, 5.74) is 1.53. The van der Waals surface area contributed by atoms with Crippen LogP contribution in [0.5, 0.6) is 0 Å². The predicted molar refractivity (Wildman–Crippen MR) is 82.5 cm³/mol. The lowest BCUT2D eigenvalue weighted by atomic mass is 10.1. The zero-order valence-corrected chi connectivity index (χ0v) is 13.4. The van der Waals surface area contributed by atoms with Crippen LogP contribution in [-0.4, -0.2) is 21.8 Å². The van der Waals surface area contributed by atoms with Crippen LogP contribution >= 0.6 is 0 Å². The van der Waals surface area contributed by atoms with E-state index in [4.69, 9.17) is 5.26 Å². The van der Waals surface area contributed by atoms with Crippen molar-refractivity contribution in [3.63, 3.8) is 0 Å². The zero-order valence-electron chi connectivity index (χ0n) is 11.7. The highest BCUT2D eigenvalue weighted by Crippen LogP contribution is 2.28. The molecule has 0 saturated carbocycles. The highest BCUT2D eigenvalue weighted by molar-refractivity contribution is 7.92. The minimum Gasteiger partial charge on any atom is -0.278 e. The number of fused-ring (bicyclic) bond motifs is 1. The number of aromatic nitrogens is 1. The summed E-state index contributed by atoms with van der Waals surface area (Å²) in [5.74, 6) is -0.209. The minimum absolute atomic E-state index is 0.0160. The molecular weight excluding hydrogens is 338 g/mol. The van der Waals surface area contributed by atoms with Crippen LogP contribution in [0.1, 0.15) is 16.8 Å². The van der Waals surface area contributed by atoms with Crippen LogP contribution < -0.4 is 4.72 Å². The van der Waals surface area contributed by atoms with Crippen molar-refractivity contribution in [2.45, 2.75) is 16.4 Å². The third-order valence-electron chi connectivity index (χ3n) is 3.37. The van der Waals surface area contributed by atoms with E-state index in [1.807, 2.05) is 6.07 Å². The molecule has 1 aromatic carbocycles. The number of nitrogens with zero attached hydrogens (tertiary/aromatic N) is 2. The van der Waals surface area contributed by atoms with Gasteiger partial charge in [0.15, 0.2) is 9.84 Å². The van der Waals surface area contributed by atoms with Crippen molar-refractivity contribution >= 4 is 25.5 Å². The standard InChI is InChI=1S/C14H11N3O4S2/c15-6-12-2-3-13(7-16-12)17-23(20,21)14-4-1-10-8-22(18,19)9-11(10)5-14/h1-5,7,17H,8-9H2. The summed E-state index contributed by atoms with van der Waals surface area (Å²) in [5, 5.41) is 8.67. The fourth-order valence-corrected chi connectivity index (χ4v) is 5.00. The van der Waals surface area contributed by atoms with E-state index < -0.39 is 19.9 Å². The smallest absolute Gasteiger partial charge is 0.261 e. The second-order valence-corrected chi connectivity index (χ2v) is 8.86. The summed E-state index contributed by atoms with van der Waals surface area (Å²) in [4.78, 5) is 3.77. The van der Waals surface area contributed by atoms with Crippen LogP contribution in [0.15, 0.2) is 41.4 Å². The van der Waals surface area contributed by atoms with Gasteiger partial charge in [0.25, 0.3) is 10.0 Å². The molecule has 0 bridgehead atoms. The Labute approximate surface area is 133 Å². The van der Waals surface area contributed by atoms with Crippen LogP contribution in [0, 0.1) is 11.3 Å². The normalized spacial score (nSPS) is 15.6. The van der Waals surface area contributed by atoms with Crippen molar-refractivity contribution in [1.29, 1.82) is 5.26 Å². The molecule has 7 nitrogen and oxygen atoms in total. The molecule has 0 fully saturated rings. The Hall–Kier alpha value is -2.44. The van der Waals surface area contributed by atoms with Crippen molar-refractivity contribution in [3.05, 3.63) is 53.3 Å². The Morgan fingerprint density at radius 1 is 1.13 bits per heavy atom. The summed E-state index contributed by atoms with van der Waals surface area (Å²) in [7, 11) is -7.05. The molecule has 0 saturated heterocycles. The highest BCUT2D eigenvalue weighted by Gasteiger charge is 2.26. The molecule has 118 valence electrons. The average molecular weight is 349 g/mol. The SMILES string of the molecule is N#Cc1ccc(NS(=O)(=O)c2ccc3c(c2)CS(=O)(=O)C3)cn1. The van der Waals surface area contributed by atoms with Crippen molar-refractivity contribution in [1.82, 2.24) is 4.98 Å². The van der Waals surface area contributed by atoms with Crippen LogP contribution in [0.4, 0.5) is 5.69 Å². The van der Waals surface area contributed by atoms with Crippen LogP contribution in [0.3, 0.4) is 0 Å². The molecule has 0 atom stereocenters. The first-order valence-electron chi connectivity index (χ1n) is 6.50. The van der Waals surface area contributed by atoms with Gasteiger partial charge in [0.2, 0.25) is 0 Å². The number of sulfone groups is 1. The molecule has 0 spiro atoms. The van der Waals surface area contributed by atoms with Gasteiger partial charge in [-0.1, -0.05) is 6.07 Å². The number of pyridine rings is 1. The topological polar surface area (TPSA) is 117 Å². The van der Waals surface area contributed by atoms with Crippen LogP contribution in [0.2, 0.25) is 0 Å². The molecule has 2 aromatic rings. The van der Waals surface area contributed by atoms with E-state index in [9.17, 15) is 16.8 Å². The molecule has 1 aliphatic rings. The van der Waals surface area contributed by atoms with Gasteiger partial charge in [0.1, 0.15) is 11.8 Å². The first-order chi connectivity index (χ1) is 10.8. The van der Waals surface area contributed by atoms with Gasteiger partial charge in [0, 0.05) is 0 Å². The maximum absolute atomic E-state index is 12.4. The molecule has 23 heavy (non-hydrogen) atoms. The number of benzene rings is 1. The summed E-state index contributed by atoms with van der Waals surface area (Å²) in [6, 6.07) is 8.93. The quantitative estimate of drug-likeness (QED) is 0.889. The molecule has 1 aromatic heterocycles. The lowest BCUT2D eigenvalue weighted by molar-refractivity contribution is 0.596. The Bertz CT molecular complexity index is 1020. The van der Waals surface area contributed by atoms with Crippen molar-refractivity contribution < 1.29 is 16.8 Å². The number of hydrogen-bond acceptors (Lipinski definition) is 6. The number of anilines is 1. The zero-order chi connectivity index (χ0) is 16.7. The summed E-state index contributed by atoms with van der Waals surface area (Å²) < 4.78 is 50.3. The average Bonchev–Trinajstić information content (AvgIpc) is 2.80.